The molecule has 1 unspecified atom stereocenters. The van der Waals surface area contributed by atoms with E-state index in [9.17, 15) is 18.0 Å². The number of benzene rings is 2. The lowest BCUT2D eigenvalue weighted by Crippen LogP contribution is -2.37. The summed E-state index contributed by atoms with van der Waals surface area (Å²) in [5.41, 5.74) is 1.66. The molecule has 0 spiro atoms. The van der Waals surface area contributed by atoms with Crippen LogP contribution in [0.25, 0.3) is 0 Å². The van der Waals surface area contributed by atoms with Gasteiger partial charge in [-0.25, -0.2) is 8.42 Å². The van der Waals surface area contributed by atoms with Crippen LogP contribution in [0.2, 0.25) is 0 Å². The van der Waals surface area contributed by atoms with E-state index in [0.717, 1.165) is 19.3 Å². The molecule has 2 N–H and O–H groups in total. The first-order chi connectivity index (χ1) is 15.7. The number of hydrogen-bond acceptors (Lipinski definition) is 4. The molecule has 2 aromatic rings. The highest BCUT2D eigenvalue weighted by Crippen LogP contribution is 2.27. The average molecular weight is 472 g/mol. The Morgan fingerprint density at radius 3 is 2.30 bits per heavy atom. The zero-order chi connectivity index (χ0) is 24.0. The number of rotatable bonds is 8. The van der Waals surface area contributed by atoms with Crippen molar-refractivity contribution in [3.05, 3.63) is 59.7 Å². The Morgan fingerprint density at radius 1 is 1.00 bits per heavy atom. The first-order valence-corrected chi connectivity index (χ1v) is 12.9. The third kappa shape index (κ3) is 6.42. The number of carbonyl (C=O) groups excluding carboxylic acids is 2. The Morgan fingerprint density at radius 2 is 1.67 bits per heavy atom. The van der Waals surface area contributed by atoms with Gasteiger partial charge in [0.15, 0.2) is 0 Å². The van der Waals surface area contributed by atoms with E-state index in [2.05, 4.69) is 10.6 Å². The molecule has 7 nitrogen and oxygen atoms in total. The third-order valence-corrected chi connectivity index (χ3v) is 7.72. The van der Waals surface area contributed by atoms with Crippen molar-refractivity contribution in [2.75, 3.05) is 18.4 Å². The molecule has 2 aromatic carbocycles. The van der Waals surface area contributed by atoms with Crippen LogP contribution >= 0.6 is 0 Å². The lowest BCUT2D eigenvalue weighted by atomic mass is 10.0. The van der Waals surface area contributed by atoms with E-state index in [1.807, 2.05) is 19.9 Å². The first-order valence-electron chi connectivity index (χ1n) is 11.4. The van der Waals surface area contributed by atoms with E-state index in [4.69, 9.17) is 0 Å². The smallest absolute Gasteiger partial charge is 0.251 e. The van der Waals surface area contributed by atoms with Gasteiger partial charge in [0.25, 0.3) is 5.91 Å². The molecule has 0 radical (unpaired) electrons. The minimum Gasteiger partial charge on any atom is -0.341 e. The van der Waals surface area contributed by atoms with E-state index < -0.39 is 22.0 Å². The van der Waals surface area contributed by atoms with Crippen molar-refractivity contribution in [3.8, 4) is 0 Å². The summed E-state index contributed by atoms with van der Waals surface area (Å²) in [6.45, 7) is 6.65. The minimum atomic E-state index is -3.64. The lowest BCUT2D eigenvalue weighted by molar-refractivity contribution is -0.127. The van der Waals surface area contributed by atoms with Crippen LogP contribution in [0.15, 0.2) is 53.4 Å². The predicted octanol–water partition coefficient (Wildman–Crippen LogP) is 4.01. The molecule has 0 saturated carbocycles. The highest BCUT2D eigenvalue weighted by Gasteiger charge is 2.28. The van der Waals surface area contributed by atoms with Crippen LogP contribution < -0.4 is 10.6 Å². The molecule has 0 aliphatic carbocycles. The summed E-state index contributed by atoms with van der Waals surface area (Å²) < 4.78 is 27.9. The maximum absolute atomic E-state index is 13.2. The maximum atomic E-state index is 13.2. The number of carbonyl (C=O) groups is 2. The minimum absolute atomic E-state index is 0.157. The molecule has 1 aliphatic rings. The molecule has 2 amide bonds. The fourth-order valence-corrected chi connectivity index (χ4v) is 5.72. The maximum Gasteiger partial charge on any atom is 0.251 e. The average Bonchev–Trinajstić information content (AvgIpc) is 2.79. The van der Waals surface area contributed by atoms with E-state index in [0.29, 0.717) is 36.3 Å². The Kier molecular flexibility index (Phi) is 8.26. The summed E-state index contributed by atoms with van der Waals surface area (Å²) in [6, 6.07) is 13.0. The van der Waals surface area contributed by atoms with Crippen LogP contribution in [-0.4, -0.2) is 37.6 Å². The van der Waals surface area contributed by atoms with E-state index in [1.54, 1.807) is 43.3 Å². The summed E-state index contributed by atoms with van der Waals surface area (Å²) in [6.07, 6.45) is 3.04. The van der Waals surface area contributed by atoms with Gasteiger partial charge in [-0.1, -0.05) is 56.7 Å². The Bertz CT molecular complexity index is 1080. The number of aryl methyl sites for hydroxylation is 1. The van der Waals surface area contributed by atoms with Gasteiger partial charge < -0.3 is 10.6 Å². The van der Waals surface area contributed by atoms with E-state index in [-0.39, 0.29) is 16.7 Å². The van der Waals surface area contributed by atoms with Crippen molar-refractivity contribution >= 4 is 27.5 Å². The van der Waals surface area contributed by atoms with Gasteiger partial charge in [-0.2, -0.15) is 4.31 Å². The van der Waals surface area contributed by atoms with Crippen LogP contribution in [0.3, 0.4) is 0 Å². The van der Waals surface area contributed by atoms with Crippen LogP contribution in [-0.2, 0) is 19.6 Å². The zero-order valence-electron chi connectivity index (χ0n) is 19.5. The van der Waals surface area contributed by atoms with Crippen molar-refractivity contribution in [1.82, 2.24) is 9.62 Å². The summed E-state index contributed by atoms with van der Waals surface area (Å²) in [7, 11) is -3.64. The van der Waals surface area contributed by atoms with Crippen molar-refractivity contribution in [2.45, 2.75) is 57.4 Å². The highest BCUT2D eigenvalue weighted by molar-refractivity contribution is 7.89. The fourth-order valence-electron chi connectivity index (χ4n) is 3.95. The zero-order valence-corrected chi connectivity index (χ0v) is 20.3. The molecule has 1 saturated heterocycles. The predicted molar refractivity (Wildman–Crippen MR) is 129 cm³/mol. The molecule has 3 rings (SSSR count). The van der Waals surface area contributed by atoms with Crippen molar-refractivity contribution in [3.63, 3.8) is 0 Å². The number of nitrogens with one attached hydrogen (secondary N) is 2. The van der Waals surface area contributed by atoms with E-state index in [1.165, 1.54) is 10.4 Å². The monoisotopic (exact) mass is 471 g/mol. The normalized spacial score (nSPS) is 15.8. The molecule has 0 aromatic heterocycles. The van der Waals surface area contributed by atoms with Gasteiger partial charge in [0.2, 0.25) is 15.9 Å². The van der Waals surface area contributed by atoms with Gasteiger partial charge in [-0.15, -0.1) is 0 Å². The highest BCUT2D eigenvalue weighted by atomic mass is 32.2. The van der Waals surface area contributed by atoms with Gasteiger partial charge >= 0.3 is 0 Å². The standard InChI is InChI=1S/C25H33N3O4S/c1-18(2)16-23(29)27-24(20-10-6-4-7-11-20)25(30)26-21-13-12-19(3)22(17-21)33(31,32)28-14-8-5-9-15-28/h4,6-7,10-13,17-18,24H,5,8-9,14-16H2,1-3H3,(H,26,30)(H,27,29). The molecule has 0 bridgehead atoms. The van der Waals surface area contributed by atoms with Crippen LogP contribution in [0.5, 0.6) is 0 Å². The summed E-state index contributed by atoms with van der Waals surface area (Å²) in [5, 5.41) is 5.62. The molecule has 1 fully saturated rings. The molecular formula is C25H33N3O4S. The van der Waals surface area contributed by atoms with Gasteiger partial charge in [0, 0.05) is 25.2 Å². The molecule has 178 valence electrons. The molecular weight excluding hydrogens is 438 g/mol. The van der Waals surface area contributed by atoms with Gasteiger partial charge in [0.05, 0.1) is 4.90 Å². The number of amides is 2. The second-order valence-electron chi connectivity index (χ2n) is 8.94. The van der Waals surface area contributed by atoms with E-state index >= 15 is 0 Å². The van der Waals surface area contributed by atoms with Crippen molar-refractivity contribution < 1.29 is 18.0 Å². The number of sulfonamides is 1. The molecule has 1 heterocycles. The third-order valence-electron chi connectivity index (χ3n) is 5.68. The van der Waals surface area contributed by atoms with Crippen LogP contribution in [0, 0.1) is 12.8 Å². The number of nitrogens with zero attached hydrogens (tertiary/aromatic N) is 1. The largest absolute Gasteiger partial charge is 0.341 e. The second kappa shape index (κ2) is 10.9. The summed E-state index contributed by atoms with van der Waals surface area (Å²) in [4.78, 5) is 25.8. The topological polar surface area (TPSA) is 95.6 Å². The fraction of sp³-hybridized carbons (Fsp3) is 0.440. The summed E-state index contributed by atoms with van der Waals surface area (Å²) in [5.74, 6) is -0.487. The molecule has 8 heteroatoms. The summed E-state index contributed by atoms with van der Waals surface area (Å²) >= 11 is 0. The van der Waals surface area contributed by atoms with Crippen LogP contribution in [0.1, 0.15) is 56.7 Å². The molecule has 1 aliphatic heterocycles. The number of piperidine rings is 1. The van der Waals surface area contributed by atoms with Gasteiger partial charge in [0.1, 0.15) is 6.04 Å². The Hall–Kier alpha value is -2.71. The first kappa shape index (κ1) is 24.9. The van der Waals surface area contributed by atoms with Gasteiger partial charge in [-0.05, 0) is 48.9 Å². The Labute approximate surface area is 196 Å². The van der Waals surface area contributed by atoms with Crippen LogP contribution in [0.4, 0.5) is 5.69 Å². The quantitative estimate of drug-likeness (QED) is 0.608. The number of anilines is 1. The Balaban J connectivity index is 1.85. The second-order valence-corrected chi connectivity index (χ2v) is 10.8. The molecule has 1 atom stereocenters. The van der Waals surface area contributed by atoms with Crippen molar-refractivity contribution in [2.24, 2.45) is 5.92 Å². The van der Waals surface area contributed by atoms with Gasteiger partial charge in [-0.3, -0.25) is 9.59 Å². The van der Waals surface area contributed by atoms with Crippen molar-refractivity contribution in [1.29, 1.82) is 0 Å². The lowest BCUT2D eigenvalue weighted by Gasteiger charge is -2.27. The molecule has 33 heavy (non-hydrogen) atoms. The number of hydrogen-bond donors (Lipinski definition) is 2. The SMILES string of the molecule is Cc1ccc(NC(=O)C(NC(=O)CC(C)C)c2ccccc2)cc1S(=O)(=O)N1CCCCC1.